The molecule has 0 fully saturated rings. The summed E-state index contributed by atoms with van der Waals surface area (Å²) in [5.74, 6) is 0.390. The Morgan fingerprint density at radius 1 is 1.04 bits per heavy atom. The molecule has 0 spiro atoms. The molecule has 0 atom stereocenters. The van der Waals surface area contributed by atoms with Gasteiger partial charge in [0.15, 0.2) is 5.16 Å². The van der Waals surface area contributed by atoms with Crippen molar-refractivity contribution in [1.82, 2.24) is 19.7 Å². The second kappa shape index (κ2) is 8.19. The van der Waals surface area contributed by atoms with Gasteiger partial charge in [0.25, 0.3) is 0 Å². The van der Waals surface area contributed by atoms with Crippen LogP contribution in [0.3, 0.4) is 0 Å². The van der Waals surface area contributed by atoms with Gasteiger partial charge in [0.05, 0.1) is 5.75 Å². The van der Waals surface area contributed by atoms with E-state index in [2.05, 4.69) is 41.4 Å². The highest BCUT2D eigenvalue weighted by atomic mass is 32.2. The Hall–Kier alpha value is -2.60. The number of hydrogen-bond donors (Lipinski definition) is 0. The van der Waals surface area contributed by atoms with Crippen LogP contribution in [-0.4, -0.2) is 38.4 Å². The molecule has 1 aromatic heterocycles. The fourth-order valence-electron chi connectivity index (χ4n) is 2.50. The summed E-state index contributed by atoms with van der Waals surface area (Å²) >= 11 is 1.40. The SMILES string of the molecule is Cc1ccc(CN(C)C(=O)CSc2nncn2-c2ccc(C)cc2)cc1. The molecule has 0 unspecified atom stereocenters. The number of benzene rings is 2. The van der Waals surface area contributed by atoms with Crippen LogP contribution in [0.1, 0.15) is 16.7 Å². The van der Waals surface area contributed by atoms with Crippen LogP contribution >= 0.6 is 11.8 Å². The molecule has 0 aliphatic carbocycles. The van der Waals surface area contributed by atoms with E-state index < -0.39 is 0 Å². The number of hydrogen-bond acceptors (Lipinski definition) is 4. The molecule has 1 heterocycles. The van der Waals surface area contributed by atoms with Crippen LogP contribution in [0.5, 0.6) is 0 Å². The zero-order valence-corrected chi connectivity index (χ0v) is 16.0. The van der Waals surface area contributed by atoms with Crippen LogP contribution in [0.4, 0.5) is 0 Å². The van der Waals surface area contributed by atoms with Crippen molar-refractivity contribution in [2.45, 2.75) is 25.5 Å². The summed E-state index contributed by atoms with van der Waals surface area (Å²) in [6.45, 7) is 4.71. The molecule has 0 N–H and O–H groups in total. The van der Waals surface area contributed by atoms with E-state index in [1.165, 1.54) is 22.9 Å². The molecular weight excluding hydrogens is 344 g/mol. The molecule has 1 amide bonds. The maximum absolute atomic E-state index is 12.4. The van der Waals surface area contributed by atoms with Crippen LogP contribution < -0.4 is 0 Å². The molecule has 3 rings (SSSR count). The third-order valence-electron chi connectivity index (χ3n) is 4.12. The Labute approximate surface area is 158 Å². The summed E-state index contributed by atoms with van der Waals surface area (Å²) in [5.41, 5.74) is 4.53. The first-order valence-corrected chi connectivity index (χ1v) is 9.41. The predicted molar refractivity (Wildman–Crippen MR) is 104 cm³/mol. The number of amides is 1. The third-order valence-corrected chi connectivity index (χ3v) is 5.05. The fourth-order valence-corrected chi connectivity index (χ4v) is 3.37. The average molecular weight is 366 g/mol. The summed E-state index contributed by atoms with van der Waals surface area (Å²) in [4.78, 5) is 14.2. The van der Waals surface area contributed by atoms with Crippen LogP contribution in [0, 0.1) is 13.8 Å². The van der Waals surface area contributed by atoms with E-state index in [0.29, 0.717) is 17.5 Å². The Morgan fingerprint density at radius 2 is 1.65 bits per heavy atom. The van der Waals surface area contributed by atoms with Crippen molar-refractivity contribution in [1.29, 1.82) is 0 Å². The second-order valence-electron chi connectivity index (χ2n) is 6.34. The van der Waals surface area contributed by atoms with Crippen LogP contribution in [0.15, 0.2) is 60.0 Å². The molecule has 0 saturated carbocycles. The molecule has 0 saturated heterocycles. The number of aromatic nitrogens is 3. The Kier molecular flexibility index (Phi) is 5.73. The second-order valence-corrected chi connectivity index (χ2v) is 7.29. The Bertz CT molecular complexity index is 872. The van der Waals surface area contributed by atoms with Gasteiger partial charge in [0, 0.05) is 19.3 Å². The van der Waals surface area contributed by atoms with Gasteiger partial charge in [-0.3, -0.25) is 9.36 Å². The monoisotopic (exact) mass is 366 g/mol. The van der Waals surface area contributed by atoms with Crippen molar-refractivity contribution in [3.63, 3.8) is 0 Å². The molecule has 26 heavy (non-hydrogen) atoms. The van der Waals surface area contributed by atoms with Gasteiger partial charge in [-0.15, -0.1) is 10.2 Å². The summed E-state index contributed by atoms with van der Waals surface area (Å²) < 4.78 is 1.90. The molecular formula is C20H22N4OS. The van der Waals surface area contributed by atoms with Gasteiger partial charge in [-0.25, -0.2) is 0 Å². The highest BCUT2D eigenvalue weighted by Gasteiger charge is 2.13. The predicted octanol–water partition coefficient (Wildman–Crippen LogP) is 3.63. The lowest BCUT2D eigenvalue weighted by Crippen LogP contribution is -2.27. The van der Waals surface area contributed by atoms with E-state index in [1.54, 1.807) is 11.2 Å². The minimum Gasteiger partial charge on any atom is -0.341 e. The van der Waals surface area contributed by atoms with Gasteiger partial charge in [-0.2, -0.15) is 0 Å². The van der Waals surface area contributed by atoms with Crippen molar-refractivity contribution >= 4 is 17.7 Å². The number of rotatable bonds is 6. The van der Waals surface area contributed by atoms with Crippen LogP contribution in [-0.2, 0) is 11.3 Å². The fraction of sp³-hybridized carbons (Fsp3) is 0.250. The number of carbonyl (C=O) groups is 1. The number of carbonyl (C=O) groups excluding carboxylic acids is 1. The maximum atomic E-state index is 12.4. The minimum absolute atomic E-state index is 0.0639. The first kappa shape index (κ1) is 18.2. The zero-order chi connectivity index (χ0) is 18.5. The number of thioether (sulfide) groups is 1. The van der Waals surface area contributed by atoms with Crippen molar-refractivity contribution in [2.24, 2.45) is 0 Å². The van der Waals surface area contributed by atoms with Crippen LogP contribution in [0.25, 0.3) is 5.69 Å². The van der Waals surface area contributed by atoms with Gasteiger partial charge in [0.2, 0.25) is 5.91 Å². The molecule has 3 aromatic rings. The van der Waals surface area contributed by atoms with Crippen LogP contribution in [0.2, 0.25) is 0 Å². The van der Waals surface area contributed by atoms with Gasteiger partial charge in [0.1, 0.15) is 6.33 Å². The quantitative estimate of drug-likeness (QED) is 0.625. The van der Waals surface area contributed by atoms with Gasteiger partial charge < -0.3 is 4.90 Å². The standard InChI is InChI=1S/C20H22N4OS/c1-15-4-8-17(9-5-15)12-23(3)19(25)13-26-20-22-21-14-24(20)18-10-6-16(2)7-11-18/h4-11,14H,12-13H2,1-3H3. The molecule has 0 aliphatic rings. The lowest BCUT2D eigenvalue weighted by Gasteiger charge is -2.17. The smallest absolute Gasteiger partial charge is 0.233 e. The lowest BCUT2D eigenvalue weighted by molar-refractivity contribution is -0.127. The topological polar surface area (TPSA) is 51.0 Å². The summed E-state index contributed by atoms with van der Waals surface area (Å²) in [7, 11) is 1.83. The molecule has 134 valence electrons. The average Bonchev–Trinajstić information content (AvgIpc) is 3.10. The Balaban J connectivity index is 1.60. The Morgan fingerprint density at radius 3 is 2.31 bits per heavy atom. The van der Waals surface area contributed by atoms with Gasteiger partial charge in [-0.05, 0) is 31.5 Å². The van der Waals surface area contributed by atoms with Crippen molar-refractivity contribution in [3.05, 3.63) is 71.5 Å². The zero-order valence-electron chi connectivity index (χ0n) is 15.2. The highest BCUT2D eigenvalue weighted by Crippen LogP contribution is 2.20. The summed E-state index contributed by atoms with van der Waals surface area (Å²) in [6.07, 6.45) is 1.67. The largest absolute Gasteiger partial charge is 0.341 e. The number of nitrogens with zero attached hydrogens (tertiary/aromatic N) is 4. The molecule has 5 nitrogen and oxygen atoms in total. The van der Waals surface area contributed by atoms with E-state index in [4.69, 9.17) is 0 Å². The first-order valence-electron chi connectivity index (χ1n) is 8.42. The molecule has 0 bridgehead atoms. The third kappa shape index (κ3) is 4.52. The lowest BCUT2D eigenvalue weighted by atomic mass is 10.1. The molecule has 0 radical (unpaired) electrons. The van der Waals surface area contributed by atoms with E-state index in [9.17, 15) is 4.79 Å². The normalized spacial score (nSPS) is 10.7. The maximum Gasteiger partial charge on any atom is 0.233 e. The van der Waals surface area contributed by atoms with E-state index >= 15 is 0 Å². The molecule has 2 aromatic carbocycles. The van der Waals surface area contributed by atoms with Crippen molar-refractivity contribution in [3.8, 4) is 5.69 Å². The van der Waals surface area contributed by atoms with Gasteiger partial charge in [-0.1, -0.05) is 59.3 Å². The number of aryl methyl sites for hydroxylation is 2. The van der Waals surface area contributed by atoms with Crippen molar-refractivity contribution in [2.75, 3.05) is 12.8 Å². The molecule has 0 aliphatic heterocycles. The van der Waals surface area contributed by atoms with E-state index in [1.807, 2.05) is 42.8 Å². The minimum atomic E-state index is 0.0639. The van der Waals surface area contributed by atoms with E-state index in [0.717, 1.165) is 11.3 Å². The first-order chi connectivity index (χ1) is 12.5. The summed E-state index contributed by atoms with van der Waals surface area (Å²) in [5, 5.41) is 8.85. The molecule has 6 heteroatoms. The summed E-state index contributed by atoms with van der Waals surface area (Å²) in [6, 6.07) is 16.4. The van der Waals surface area contributed by atoms with Gasteiger partial charge >= 0.3 is 0 Å². The highest BCUT2D eigenvalue weighted by molar-refractivity contribution is 7.99. The van der Waals surface area contributed by atoms with E-state index in [-0.39, 0.29) is 5.91 Å². The van der Waals surface area contributed by atoms with Crippen molar-refractivity contribution < 1.29 is 4.79 Å².